The number of hydrogen-bond donors (Lipinski definition) is 2. The number of Topliss-reactive ketones (excluding diaryl/α,β-unsaturated/α-hetero) is 1. The number of rotatable bonds is 6. The van der Waals surface area contributed by atoms with Crippen LogP contribution >= 0.6 is 0 Å². The van der Waals surface area contributed by atoms with Gasteiger partial charge in [-0.3, -0.25) is 24.2 Å². The van der Waals surface area contributed by atoms with Crippen LogP contribution in [0.1, 0.15) is 59.2 Å². The molecule has 2 saturated heterocycles. The summed E-state index contributed by atoms with van der Waals surface area (Å²) in [5.41, 5.74) is 2.42. The number of likely N-dealkylation sites (tertiary alicyclic amines) is 2. The fourth-order valence-electron chi connectivity index (χ4n) is 5.61. The monoisotopic (exact) mass is 554 g/mol. The highest BCUT2D eigenvalue weighted by Gasteiger charge is 2.52. The van der Waals surface area contributed by atoms with Gasteiger partial charge in [-0.25, -0.2) is 0 Å². The summed E-state index contributed by atoms with van der Waals surface area (Å²) >= 11 is 0. The number of pyridine rings is 1. The quantitative estimate of drug-likeness (QED) is 0.483. The highest BCUT2D eigenvalue weighted by atomic mass is 16.3. The third-order valence-corrected chi connectivity index (χ3v) is 7.84. The summed E-state index contributed by atoms with van der Waals surface area (Å²) in [6.45, 7) is 6.46. The molecule has 9 nitrogen and oxygen atoms in total. The molecule has 3 heterocycles. The summed E-state index contributed by atoms with van der Waals surface area (Å²) in [5, 5.41) is 12.6. The minimum Gasteiger partial charge on any atom is -0.508 e. The van der Waals surface area contributed by atoms with E-state index in [-0.39, 0.29) is 54.0 Å². The van der Waals surface area contributed by atoms with Gasteiger partial charge in [0, 0.05) is 24.7 Å². The fraction of sp³-hybridized carbons (Fsp3) is 0.344. The molecule has 0 bridgehead atoms. The van der Waals surface area contributed by atoms with Crippen LogP contribution in [0.3, 0.4) is 0 Å². The highest BCUT2D eigenvalue weighted by molar-refractivity contribution is 6.03. The first-order valence-corrected chi connectivity index (χ1v) is 13.8. The fourth-order valence-corrected chi connectivity index (χ4v) is 5.61. The van der Waals surface area contributed by atoms with Crippen LogP contribution in [-0.4, -0.2) is 74.6 Å². The molecule has 212 valence electrons. The van der Waals surface area contributed by atoms with Crippen LogP contribution in [0.15, 0.2) is 72.9 Å². The second-order valence-corrected chi connectivity index (χ2v) is 11.7. The minimum atomic E-state index is -0.957. The molecule has 3 amide bonds. The Bertz CT molecular complexity index is 1450. The number of phenols is 1. The van der Waals surface area contributed by atoms with Gasteiger partial charge in [-0.1, -0.05) is 51.1 Å². The third-order valence-electron chi connectivity index (χ3n) is 7.84. The zero-order chi connectivity index (χ0) is 29.3. The second-order valence-electron chi connectivity index (χ2n) is 11.7. The molecule has 2 aliphatic heterocycles. The van der Waals surface area contributed by atoms with Gasteiger partial charge in [-0.2, -0.15) is 0 Å². The van der Waals surface area contributed by atoms with Crippen LogP contribution < -0.4 is 5.32 Å². The molecule has 0 radical (unpaired) electrons. The first-order chi connectivity index (χ1) is 19.5. The van der Waals surface area contributed by atoms with E-state index < -0.39 is 24.0 Å². The second kappa shape index (κ2) is 11.2. The van der Waals surface area contributed by atoms with Crippen LogP contribution in [0, 0.1) is 0 Å². The molecule has 3 unspecified atom stereocenters. The summed E-state index contributed by atoms with van der Waals surface area (Å²) in [6, 6.07) is 16.6. The molecule has 5 rings (SSSR count). The number of nitrogens with one attached hydrogen (secondary N) is 1. The number of hydrogen-bond acceptors (Lipinski definition) is 6. The van der Waals surface area contributed by atoms with Gasteiger partial charge < -0.3 is 20.2 Å². The third kappa shape index (κ3) is 5.84. The Hall–Kier alpha value is -4.53. The number of carbonyl (C=O) groups is 4. The smallest absolute Gasteiger partial charge is 0.273 e. The molecule has 0 spiro atoms. The van der Waals surface area contributed by atoms with Gasteiger partial charge in [0.1, 0.15) is 23.5 Å². The van der Waals surface area contributed by atoms with E-state index in [1.54, 1.807) is 42.5 Å². The van der Waals surface area contributed by atoms with Crippen molar-refractivity contribution in [3.05, 3.63) is 95.3 Å². The number of ketones is 1. The summed E-state index contributed by atoms with van der Waals surface area (Å²) in [7, 11) is 0. The van der Waals surface area contributed by atoms with Gasteiger partial charge in [-0.05, 0) is 59.4 Å². The van der Waals surface area contributed by atoms with E-state index >= 15 is 0 Å². The van der Waals surface area contributed by atoms with Crippen molar-refractivity contribution in [3.8, 4) is 5.75 Å². The Morgan fingerprint density at radius 3 is 2.34 bits per heavy atom. The number of phenolic OH excluding ortho intramolecular Hbond substituents is 1. The van der Waals surface area contributed by atoms with E-state index in [2.05, 4.69) is 31.1 Å². The lowest BCUT2D eigenvalue weighted by Crippen LogP contribution is -2.53. The van der Waals surface area contributed by atoms with Crippen molar-refractivity contribution in [2.24, 2.45) is 0 Å². The summed E-state index contributed by atoms with van der Waals surface area (Å²) < 4.78 is 0. The Labute approximate surface area is 239 Å². The SMILES string of the molecule is CC(C)(C)c1ccc(C(=O)NC(Cc2ccc(O)cc2)C(=O)N2CCC3C2C(=O)CN3C(=O)c2ccccn2)cc1. The van der Waals surface area contributed by atoms with E-state index in [1.807, 2.05) is 12.1 Å². The lowest BCUT2D eigenvalue weighted by Gasteiger charge is -2.28. The molecule has 2 aliphatic rings. The van der Waals surface area contributed by atoms with Gasteiger partial charge in [0.05, 0.1) is 12.6 Å². The molecule has 3 atom stereocenters. The molecule has 2 N–H and O–H groups in total. The Kier molecular flexibility index (Phi) is 7.62. The average Bonchev–Trinajstić information content (AvgIpc) is 3.54. The normalized spacial score (nSPS) is 19.1. The molecule has 3 aromatic rings. The van der Waals surface area contributed by atoms with Gasteiger partial charge in [0.25, 0.3) is 11.8 Å². The number of aromatic hydroxyl groups is 1. The van der Waals surface area contributed by atoms with Crippen LogP contribution in [0.25, 0.3) is 0 Å². The van der Waals surface area contributed by atoms with Gasteiger partial charge in [-0.15, -0.1) is 0 Å². The van der Waals surface area contributed by atoms with Crippen molar-refractivity contribution in [1.82, 2.24) is 20.1 Å². The minimum absolute atomic E-state index is 0.0711. The Balaban J connectivity index is 1.37. The topological polar surface area (TPSA) is 120 Å². The van der Waals surface area contributed by atoms with Crippen molar-refractivity contribution < 1.29 is 24.3 Å². The molecule has 2 fully saturated rings. The van der Waals surface area contributed by atoms with Crippen LogP contribution in [0.4, 0.5) is 0 Å². The lowest BCUT2D eigenvalue weighted by molar-refractivity contribution is -0.138. The summed E-state index contributed by atoms with van der Waals surface area (Å²) in [5.74, 6) is -1.24. The number of benzene rings is 2. The van der Waals surface area contributed by atoms with Crippen molar-refractivity contribution in [2.45, 2.75) is 57.2 Å². The molecule has 0 saturated carbocycles. The maximum absolute atomic E-state index is 14.0. The molecule has 0 aliphatic carbocycles. The molecular formula is C32H34N4O5. The number of carbonyl (C=O) groups excluding carboxylic acids is 4. The molecule has 9 heteroatoms. The van der Waals surface area contributed by atoms with Crippen LogP contribution in [0.2, 0.25) is 0 Å². The van der Waals surface area contributed by atoms with Crippen molar-refractivity contribution in [2.75, 3.05) is 13.1 Å². The van der Waals surface area contributed by atoms with E-state index in [1.165, 1.54) is 28.1 Å². The Morgan fingerprint density at radius 2 is 1.71 bits per heavy atom. The number of fused-ring (bicyclic) bond motifs is 1. The number of aromatic nitrogens is 1. The molecule has 2 aromatic carbocycles. The first-order valence-electron chi connectivity index (χ1n) is 13.8. The summed E-state index contributed by atoms with van der Waals surface area (Å²) in [4.78, 5) is 60.8. The first kappa shape index (κ1) is 28.0. The highest BCUT2D eigenvalue weighted by Crippen LogP contribution is 2.31. The zero-order valence-electron chi connectivity index (χ0n) is 23.4. The molecule has 41 heavy (non-hydrogen) atoms. The summed E-state index contributed by atoms with van der Waals surface area (Å²) in [6.07, 6.45) is 2.15. The van der Waals surface area contributed by atoms with Crippen molar-refractivity contribution in [1.29, 1.82) is 0 Å². The van der Waals surface area contributed by atoms with Crippen molar-refractivity contribution >= 4 is 23.5 Å². The predicted molar refractivity (Wildman–Crippen MR) is 152 cm³/mol. The van der Waals surface area contributed by atoms with E-state index in [9.17, 15) is 24.3 Å². The van der Waals surface area contributed by atoms with Crippen LogP contribution in [-0.2, 0) is 21.4 Å². The lowest BCUT2D eigenvalue weighted by atomic mass is 9.86. The number of nitrogens with zero attached hydrogens (tertiary/aromatic N) is 3. The van der Waals surface area contributed by atoms with E-state index in [0.29, 0.717) is 12.0 Å². The predicted octanol–water partition coefficient (Wildman–Crippen LogP) is 3.12. The van der Waals surface area contributed by atoms with Gasteiger partial charge in [0.15, 0.2) is 5.78 Å². The molecule has 1 aromatic heterocycles. The van der Waals surface area contributed by atoms with Gasteiger partial charge in [0.2, 0.25) is 5.91 Å². The number of amides is 3. The maximum Gasteiger partial charge on any atom is 0.273 e. The largest absolute Gasteiger partial charge is 0.508 e. The Morgan fingerprint density at radius 1 is 1.00 bits per heavy atom. The van der Waals surface area contributed by atoms with Crippen molar-refractivity contribution in [3.63, 3.8) is 0 Å². The zero-order valence-corrected chi connectivity index (χ0v) is 23.4. The maximum atomic E-state index is 14.0. The van der Waals surface area contributed by atoms with E-state index in [0.717, 1.165) is 11.1 Å². The van der Waals surface area contributed by atoms with Gasteiger partial charge >= 0.3 is 0 Å². The van der Waals surface area contributed by atoms with Crippen LogP contribution in [0.5, 0.6) is 5.75 Å². The molecular weight excluding hydrogens is 520 g/mol. The van der Waals surface area contributed by atoms with E-state index in [4.69, 9.17) is 0 Å². The standard InChI is InChI=1S/C32H34N4O5/c1-32(2,3)22-11-9-21(10-12-22)29(39)34-25(18-20-7-13-23(37)14-8-20)31(41)35-17-15-26-28(35)27(38)19-36(26)30(40)24-6-4-5-16-33-24/h4-14,16,25-26,28,37H,15,17-19H2,1-3H3,(H,34,39). The average molecular weight is 555 g/mol.